The highest BCUT2D eigenvalue weighted by molar-refractivity contribution is 5.79. The molecule has 188 valence electrons. The molecule has 1 unspecified atom stereocenters. The molecule has 2 aliphatic heterocycles. The third-order valence-corrected chi connectivity index (χ3v) is 6.20. The number of para-hydroxylation sites is 1. The van der Waals surface area contributed by atoms with Gasteiger partial charge in [-0.25, -0.2) is 4.39 Å². The number of carbonyl (C=O) groups is 2. The van der Waals surface area contributed by atoms with Crippen LogP contribution in [0.4, 0.5) is 4.39 Å². The van der Waals surface area contributed by atoms with E-state index in [1.807, 2.05) is 31.2 Å². The number of ether oxygens (including phenoxy) is 4. The highest BCUT2D eigenvalue weighted by Crippen LogP contribution is 2.26. The number of rotatable bonds is 8. The molecule has 8 nitrogen and oxygen atoms in total. The molecular formula is C26H31FN2O6. The Bertz CT molecular complexity index is 1010. The Morgan fingerprint density at radius 1 is 0.943 bits per heavy atom. The van der Waals surface area contributed by atoms with E-state index in [-0.39, 0.29) is 50.4 Å². The molecule has 0 N–H and O–H groups in total. The van der Waals surface area contributed by atoms with Crippen molar-refractivity contribution in [3.8, 4) is 11.5 Å². The van der Waals surface area contributed by atoms with Gasteiger partial charge in [0, 0.05) is 19.6 Å². The number of nitrogens with zero attached hydrogens (tertiary/aromatic N) is 2. The van der Waals surface area contributed by atoms with Crippen LogP contribution in [0.15, 0.2) is 48.5 Å². The highest BCUT2D eigenvalue weighted by Gasteiger charge is 2.42. The molecule has 2 amide bonds. The van der Waals surface area contributed by atoms with Gasteiger partial charge in [-0.1, -0.05) is 18.2 Å². The predicted molar refractivity (Wildman–Crippen MR) is 126 cm³/mol. The van der Waals surface area contributed by atoms with E-state index in [1.54, 1.807) is 9.80 Å². The van der Waals surface area contributed by atoms with Gasteiger partial charge in [0.15, 0.2) is 6.61 Å². The van der Waals surface area contributed by atoms with Gasteiger partial charge in [-0.3, -0.25) is 9.59 Å². The zero-order chi connectivity index (χ0) is 24.7. The first kappa shape index (κ1) is 24.9. The monoisotopic (exact) mass is 486 g/mol. The van der Waals surface area contributed by atoms with Crippen molar-refractivity contribution in [3.63, 3.8) is 0 Å². The van der Waals surface area contributed by atoms with Crippen molar-refractivity contribution in [1.82, 2.24) is 9.80 Å². The number of hydrogen-bond donors (Lipinski definition) is 0. The van der Waals surface area contributed by atoms with Crippen molar-refractivity contribution >= 4 is 11.8 Å². The van der Waals surface area contributed by atoms with Gasteiger partial charge in [0.25, 0.3) is 5.91 Å². The molecule has 2 aliphatic rings. The summed E-state index contributed by atoms with van der Waals surface area (Å²) in [4.78, 5) is 29.5. The molecule has 0 bridgehead atoms. The summed E-state index contributed by atoms with van der Waals surface area (Å²) in [5.41, 5.74) is -0.0965. The van der Waals surface area contributed by atoms with Crippen LogP contribution in [0, 0.1) is 12.7 Å². The van der Waals surface area contributed by atoms with Crippen molar-refractivity contribution in [1.29, 1.82) is 0 Å². The van der Waals surface area contributed by atoms with Crippen LogP contribution in [0.1, 0.15) is 12.0 Å². The molecule has 2 saturated heterocycles. The number of morpholine rings is 2. The molecule has 0 radical (unpaired) electrons. The molecule has 2 fully saturated rings. The molecule has 9 heteroatoms. The molecule has 2 heterocycles. The van der Waals surface area contributed by atoms with Gasteiger partial charge in [-0.05, 0) is 42.8 Å². The van der Waals surface area contributed by atoms with Crippen molar-refractivity contribution in [2.45, 2.75) is 18.9 Å². The molecular weight excluding hydrogens is 455 g/mol. The Morgan fingerprint density at radius 3 is 2.40 bits per heavy atom. The second-order valence-electron chi connectivity index (χ2n) is 8.81. The van der Waals surface area contributed by atoms with E-state index in [1.165, 1.54) is 24.3 Å². The van der Waals surface area contributed by atoms with Crippen molar-refractivity contribution < 1.29 is 32.9 Å². The van der Waals surface area contributed by atoms with Crippen LogP contribution in [0.25, 0.3) is 0 Å². The summed E-state index contributed by atoms with van der Waals surface area (Å²) in [6.45, 7) is 4.69. The first-order valence-electron chi connectivity index (χ1n) is 11.8. The molecule has 0 spiro atoms. The molecule has 2 aromatic carbocycles. The predicted octanol–water partition coefficient (Wildman–Crippen LogP) is 2.44. The first-order chi connectivity index (χ1) is 16.9. The van der Waals surface area contributed by atoms with E-state index in [4.69, 9.17) is 18.9 Å². The van der Waals surface area contributed by atoms with Gasteiger partial charge >= 0.3 is 0 Å². The summed E-state index contributed by atoms with van der Waals surface area (Å²) in [6.07, 6.45) is 0.0522. The SMILES string of the molecule is Cc1ccccc1OCC(=O)N1CCOC(COc2ccc(F)cc2)(CC(=O)N2CCOCC2)C1. The Kier molecular flexibility index (Phi) is 8.20. The number of amides is 2. The van der Waals surface area contributed by atoms with E-state index < -0.39 is 5.60 Å². The quantitative estimate of drug-likeness (QED) is 0.571. The first-order valence-corrected chi connectivity index (χ1v) is 11.8. The molecule has 0 saturated carbocycles. The Labute approximate surface area is 204 Å². The van der Waals surface area contributed by atoms with Gasteiger partial charge < -0.3 is 28.7 Å². The lowest BCUT2D eigenvalue weighted by Crippen LogP contribution is -2.59. The second kappa shape index (κ2) is 11.5. The Balaban J connectivity index is 1.45. The lowest BCUT2D eigenvalue weighted by atomic mass is 9.96. The molecule has 4 rings (SSSR count). The van der Waals surface area contributed by atoms with Gasteiger partial charge in [0.1, 0.15) is 29.5 Å². The Morgan fingerprint density at radius 2 is 1.66 bits per heavy atom. The molecule has 2 aromatic rings. The lowest BCUT2D eigenvalue weighted by molar-refractivity contribution is -0.168. The summed E-state index contributed by atoms with van der Waals surface area (Å²) in [7, 11) is 0. The number of halogens is 1. The number of benzene rings is 2. The standard InChI is InChI=1S/C26H31FN2O6/c1-20-4-2-3-5-23(20)33-17-25(31)29-12-15-35-26(18-29,16-24(30)28-10-13-32-14-11-28)19-34-22-8-6-21(27)7-9-22/h2-9H,10-19H2,1H3. The average Bonchev–Trinajstić information content (AvgIpc) is 2.88. The summed E-state index contributed by atoms with van der Waals surface area (Å²) in [5.74, 6) is 0.471. The third-order valence-electron chi connectivity index (χ3n) is 6.20. The third kappa shape index (κ3) is 6.70. The van der Waals surface area contributed by atoms with E-state index in [0.717, 1.165) is 5.56 Å². The minimum Gasteiger partial charge on any atom is -0.490 e. The minimum atomic E-state index is -1.04. The lowest BCUT2D eigenvalue weighted by Gasteiger charge is -2.43. The number of hydrogen-bond acceptors (Lipinski definition) is 6. The molecule has 35 heavy (non-hydrogen) atoms. The topological polar surface area (TPSA) is 77.5 Å². The van der Waals surface area contributed by atoms with E-state index in [9.17, 15) is 14.0 Å². The van der Waals surface area contributed by atoms with Gasteiger partial charge in [-0.2, -0.15) is 0 Å². The smallest absolute Gasteiger partial charge is 0.260 e. The fourth-order valence-electron chi connectivity index (χ4n) is 4.20. The van der Waals surface area contributed by atoms with Crippen molar-refractivity contribution in [2.24, 2.45) is 0 Å². The van der Waals surface area contributed by atoms with Crippen LogP contribution in [-0.2, 0) is 19.1 Å². The van der Waals surface area contributed by atoms with Gasteiger partial charge in [0.05, 0.1) is 32.8 Å². The highest BCUT2D eigenvalue weighted by atomic mass is 19.1. The minimum absolute atomic E-state index is 0.0388. The Hall–Kier alpha value is -3.17. The molecule has 1 atom stereocenters. The zero-order valence-electron chi connectivity index (χ0n) is 19.9. The number of aryl methyl sites for hydroxylation is 1. The van der Waals surface area contributed by atoms with Crippen LogP contribution >= 0.6 is 0 Å². The largest absolute Gasteiger partial charge is 0.490 e. The van der Waals surface area contributed by atoms with Gasteiger partial charge in [0.2, 0.25) is 5.91 Å². The van der Waals surface area contributed by atoms with Crippen LogP contribution in [-0.4, -0.2) is 86.4 Å². The van der Waals surface area contributed by atoms with Crippen LogP contribution in [0.5, 0.6) is 11.5 Å². The zero-order valence-corrected chi connectivity index (χ0v) is 19.9. The second-order valence-corrected chi connectivity index (χ2v) is 8.81. The number of carbonyl (C=O) groups excluding carboxylic acids is 2. The average molecular weight is 487 g/mol. The van der Waals surface area contributed by atoms with E-state index >= 15 is 0 Å². The maximum absolute atomic E-state index is 13.3. The van der Waals surface area contributed by atoms with E-state index in [0.29, 0.717) is 44.3 Å². The summed E-state index contributed by atoms with van der Waals surface area (Å²) < 4.78 is 36.4. The van der Waals surface area contributed by atoms with E-state index in [2.05, 4.69) is 0 Å². The summed E-state index contributed by atoms with van der Waals surface area (Å²) >= 11 is 0. The van der Waals surface area contributed by atoms with Crippen LogP contribution < -0.4 is 9.47 Å². The normalized spacial score (nSPS) is 20.4. The van der Waals surface area contributed by atoms with Gasteiger partial charge in [-0.15, -0.1) is 0 Å². The maximum Gasteiger partial charge on any atom is 0.260 e. The fraction of sp³-hybridized carbons (Fsp3) is 0.462. The van der Waals surface area contributed by atoms with Crippen molar-refractivity contribution in [2.75, 3.05) is 59.2 Å². The molecule has 0 aliphatic carbocycles. The van der Waals surface area contributed by atoms with Crippen LogP contribution in [0.2, 0.25) is 0 Å². The summed E-state index contributed by atoms with van der Waals surface area (Å²) in [6, 6.07) is 13.2. The van der Waals surface area contributed by atoms with Crippen molar-refractivity contribution in [3.05, 3.63) is 59.9 Å². The molecule has 0 aromatic heterocycles. The fourth-order valence-corrected chi connectivity index (χ4v) is 4.20. The maximum atomic E-state index is 13.3. The van der Waals surface area contributed by atoms with Crippen LogP contribution in [0.3, 0.4) is 0 Å². The summed E-state index contributed by atoms with van der Waals surface area (Å²) in [5, 5.41) is 0.